The van der Waals surface area contributed by atoms with Crippen LogP contribution in [0.2, 0.25) is 0 Å². The van der Waals surface area contributed by atoms with Crippen molar-refractivity contribution in [3.05, 3.63) is 71.9 Å². The maximum atomic E-state index is 12.8. The first-order valence-corrected chi connectivity index (χ1v) is 10.6. The average molecular weight is 396 g/mol. The molecule has 0 fully saturated rings. The normalized spacial score (nSPS) is 11.6. The Labute approximate surface area is 161 Å². The number of hydrogen-bond donors (Lipinski definition) is 1. The third-order valence-electron chi connectivity index (χ3n) is 4.03. The lowest BCUT2D eigenvalue weighted by Gasteiger charge is -2.10. The number of nitrogens with zero attached hydrogens (tertiary/aromatic N) is 2. The van der Waals surface area contributed by atoms with E-state index >= 15 is 0 Å². The van der Waals surface area contributed by atoms with Crippen LogP contribution in [0.25, 0.3) is 20.9 Å². The molecule has 1 N–H and O–H groups in total. The molecule has 0 bridgehead atoms. The summed E-state index contributed by atoms with van der Waals surface area (Å²) < 4.78 is 28.2. The summed E-state index contributed by atoms with van der Waals surface area (Å²) in [5.74, 6) is 0. The molecule has 0 atom stereocenters. The standard InChI is InChI=1S/C20H17N3O2S2/c1-13-9-14(2)11-17(10-13)27(24,25)23-16-6-3-5-15(12-16)19-22-18-7-4-8-21-20(18)26-19/h3-12,23H,1-2H3. The van der Waals surface area contributed by atoms with Crippen LogP contribution in [0.3, 0.4) is 0 Å². The predicted molar refractivity (Wildman–Crippen MR) is 110 cm³/mol. The second-order valence-corrected chi connectivity index (χ2v) is 9.02. The van der Waals surface area contributed by atoms with Gasteiger partial charge in [0.25, 0.3) is 10.0 Å². The van der Waals surface area contributed by atoms with Crippen molar-refractivity contribution in [2.24, 2.45) is 0 Å². The molecule has 2 aromatic carbocycles. The Morgan fingerprint density at radius 3 is 2.48 bits per heavy atom. The number of hydrogen-bond acceptors (Lipinski definition) is 5. The Bertz CT molecular complexity index is 1190. The molecular weight excluding hydrogens is 378 g/mol. The van der Waals surface area contributed by atoms with Gasteiger partial charge in [0.1, 0.15) is 15.4 Å². The molecule has 0 aliphatic carbocycles. The Hall–Kier alpha value is -2.77. The van der Waals surface area contributed by atoms with Gasteiger partial charge in [-0.05, 0) is 61.4 Å². The van der Waals surface area contributed by atoms with Crippen molar-refractivity contribution in [3.63, 3.8) is 0 Å². The number of rotatable bonds is 4. The highest BCUT2D eigenvalue weighted by atomic mass is 32.2. The molecule has 5 nitrogen and oxygen atoms in total. The van der Waals surface area contributed by atoms with Crippen molar-refractivity contribution >= 4 is 37.4 Å². The van der Waals surface area contributed by atoms with Crippen LogP contribution in [-0.2, 0) is 10.0 Å². The van der Waals surface area contributed by atoms with Crippen LogP contribution < -0.4 is 4.72 Å². The number of thiazole rings is 1. The second kappa shape index (κ2) is 6.75. The van der Waals surface area contributed by atoms with Crippen LogP contribution in [0.15, 0.2) is 65.7 Å². The molecule has 2 heterocycles. The van der Waals surface area contributed by atoms with E-state index in [1.54, 1.807) is 30.5 Å². The number of sulfonamides is 1. The molecule has 27 heavy (non-hydrogen) atoms. The van der Waals surface area contributed by atoms with Crippen LogP contribution in [0.4, 0.5) is 5.69 Å². The Kier molecular flexibility index (Phi) is 4.41. The Morgan fingerprint density at radius 2 is 1.74 bits per heavy atom. The van der Waals surface area contributed by atoms with Gasteiger partial charge in [0.2, 0.25) is 0 Å². The SMILES string of the molecule is Cc1cc(C)cc(S(=O)(=O)Nc2cccc(-c3nc4cccnc4s3)c2)c1. The fraction of sp³-hybridized carbons (Fsp3) is 0.100. The van der Waals surface area contributed by atoms with Crippen molar-refractivity contribution in [2.45, 2.75) is 18.7 Å². The lowest BCUT2D eigenvalue weighted by atomic mass is 10.2. The Balaban J connectivity index is 1.68. The summed E-state index contributed by atoms with van der Waals surface area (Å²) in [6, 6.07) is 16.3. The summed E-state index contributed by atoms with van der Waals surface area (Å²) in [6.07, 6.45) is 1.73. The molecule has 0 unspecified atom stereocenters. The van der Waals surface area contributed by atoms with E-state index in [1.165, 1.54) is 11.3 Å². The monoisotopic (exact) mass is 395 g/mol. The van der Waals surface area contributed by atoms with E-state index in [0.717, 1.165) is 32.0 Å². The molecule has 0 aliphatic heterocycles. The highest BCUT2D eigenvalue weighted by Crippen LogP contribution is 2.30. The van der Waals surface area contributed by atoms with E-state index in [9.17, 15) is 8.42 Å². The van der Waals surface area contributed by atoms with Crippen molar-refractivity contribution in [2.75, 3.05) is 4.72 Å². The summed E-state index contributed by atoms with van der Waals surface area (Å²) in [4.78, 5) is 10.0. The number of fused-ring (bicyclic) bond motifs is 1. The highest BCUT2D eigenvalue weighted by Gasteiger charge is 2.16. The second-order valence-electron chi connectivity index (χ2n) is 6.36. The minimum atomic E-state index is -3.66. The van der Waals surface area contributed by atoms with Crippen LogP contribution in [0, 0.1) is 13.8 Å². The molecule has 0 saturated heterocycles. The summed E-state index contributed by atoms with van der Waals surface area (Å²) in [5, 5.41) is 0.802. The van der Waals surface area contributed by atoms with Crippen molar-refractivity contribution in [1.82, 2.24) is 9.97 Å². The molecule has 0 amide bonds. The van der Waals surface area contributed by atoms with Gasteiger partial charge in [0.05, 0.1) is 4.90 Å². The molecule has 2 aromatic heterocycles. The van der Waals surface area contributed by atoms with Gasteiger partial charge >= 0.3 is 0 Å². The molecule has 0 saturated carbocycles. The van der Waals surface area contributed by atoms with Crippen LogP contribution in [-0.4, -0.2) is 18.4 Å². The van der Waals surface area contributed by atoms with Crippen LogP contribution in [0.1, 0.15) is 11.1 Å². The zero-order valence-corrected chi connectivity index (χ0v) is 16.4. The van der Waals surface area contributed by atoms with E-state index in [1.807, 2.05) is 44.2 Å². The van der Waals surface area contributed by atoms with Crippen molar-refractivity contribution in [3.8, 4) is 10.6 Å². The lowest BCUT2D eigenvalue weighted by molar-refractivity contribution is 0.601. The van der Waals surface area contributed by atoms with E-state index in [-0.39, 0.29) is 4.90 Å². The lowest BCUT2D eigenvalue weighted by Crippen LogP contribution is -2.13. The topological polar surface area (TPSA) is 72.0 Å². The quantitative estimate of drug-likeness (QED) is 0.540. The van der Waals surface area contributed by atoms with E-state index in [2.05, 4.69) is 14.7 Å². The van der Waals surface area contributed by atoms with Gasteiger partial charge in [0.15, 0.2) is 0 Å². The van der Waals surface area contributed by atoms with Gasteiger partial charge < -0.3 is 0 Å². The van der Waals surface area contributed by atoms with Gasteiger partial charge in [-0.2, -0.15) is 0 Å². The molecule has 136 valence electrons. The van der Waals surface area contributed by atoms with Gasteiger partial charge in [-0.3, -0.25) is 4.72 Å². The number of aryl methyl sites for hydroxylation is 2. The summed E-state index contributed by atoms with van der Waals surface area (Å²) in [7, 11) is -3.66. The van der Waals surface area contributed by atoms with E-state index in [4.69, 9.17) is 0 Å². The zero-order valence-electron chi connectivity index (χ0n) is 14.8. The van der Waals surface area contributed by atoms with Gasteiger partial charge in [0, 0.05) is 17.4 Å². The third-order valence-corrected chi connectivity index (χ3v) is 6.42. The smallest absolute Gasteiger partial charge is 0.261 e. The molecule has 7 heteroatoms. The number of benzene rings is 2. The maximum Gasteiger partial charge on any atom is 0.261 e. The van der Waals surface area contributed by atoms with Crippen LogP contribution >= 0.6 is 11.3 Å². The number of nitrogens with one attached hydrogen (secondary N) is 1. The number of aromatic nitrogens is 2. The first-order valence-electron chi connectivity index (χ1n) is 8.34. The van der Waals surface area contributed by atoms with Gasteiger partial charge in [-0.25, -0.2) is 18.4 Å². The number of anilines is 1. The van der Waals surface area contributed by atoms with Crippen LogP contribution in [0.5, 0.6) is 0 Å². The largest absolute Gasteiger partial charge is 0.280 e. The fourth-order valence-electron chi connectivity index (χ4n) is 2.91. The summed E-state index contributed by atoms with van der Waals surface area (Å²) in [6.45, 7) is 3.77. The predicted octanol–water partition coefficient (Wildman–Crippen LogP) is 4.78. The summed E-state index contributed by atoms with van der Waals surface area (Å²) >= 11 is 1.48. The minimum Gasteiger partial charge on any atom is -0.280 e. The fourth-order valence-corrected chi connectivity index (χ4v) is 5.05. The maximum absolute atomic E-state index is 12.8. The highest BCUT2D eigenvalue weighted by molar-refractivity contribution is 7.92. The average Bonchev–Trinajstić information content (AvgIpc) is 3.05. The van der Waals surface area contributed by atoms with E-state index in [0.29, 0.717) is 5.69 Å². The third kappa shape index (κ3) is 3.70. The zero-order chi connectivity index (χ0) is 19.0. The first-order chi connectivity index (χ1) is 12.9. The molecule has 0 spiro atoms. The summed E-state index contributed by atoms with van der Waals surface area (Å²) in [5.41, 5.74) is 3.99. The van der Waals surface area contributed by atoms with Gasteiger partial charge in [-0.1, -0.05) is 29.5 Å². The molecule has 4 aromatic rings. The first kappa shape index (κ1) is 17.6. The molecule has 0 radical (unpaired) electrons. The molecule has 4 rings (SSSR count). The Morgan fingerprint density at radius 1 is 0.963 bits per heavy atom. The van der Waals surface area contributed by atoms with Gasteiger partial charge in [-0.15, -0.1) is 0 Å². The van der Waals surface area contributed by atoms with Crippen molar-refractivity contribution < 1.29 is 8.42 Å². The molecular formula is C20H17N3O2S2. The van der Waals surface area contributed by atoms with Crippen molar-refractivity contribution in [1.29, 1.82) is 0 Å². The van der Waals surface area contributed by atoms with E-state index < -0.39 is 10.0 Å². The minimum absolute atomic E-state index is 0.259. The molecule has 0 aliphatic rings. The number of pyridine rings is 1.